The molecule has 0 spiro atoms. The Hall–Kier alpha value is -2.29. The Labute approximate surface area is 206 Å². The molecule has 0 bridgehead atoms. The Morgan fingerprint density at radius 1 is 1.00 bits per heavy atom. The van der Waals surface area contributed by atoms with Gasteiger partial charge in [-0.2, -0.15) is 0 Å². The normalized spacial score (nSPS) is 11.2. The number of hydrogen-bond acceptors (Lipinski definition) is 3. The van der Waals surface area contributed by atoms with Crippen LogP contribution in [0.3, 0.4) is 0 Å². The fourth-order valence-electron chi connectivity index (χ4n) is 3.48. The molecule has 2 aromatic carbocycles. The fraction of sp³-hybridized carbons (Fsp3) is 0.357. The summed E-state index contributed by atoms with van der Waals surface area (Å²) in [6.45, 7) is 11.9. The smallest absolute Gasteiger partial charge is 0.155 e. The first-order chi connectivity index (χ1) is 14.6. The van der Waals surface area contributed by atoms with Crippen LogP contribution >= 0.6 is 0 Å². The van der Waals surface area contributed by atoms with Crippen LogP contribution in [0.1, 0.15) is 52.7 Å². The Morgan fingerprint density at radius 3 is 2.22 bits per heavy atom. The quantitative estimate of drug-likeness (QED) is 0.184. The molecule has 0 unspecified atom stereocenters. The predicted molar refractivity (Wildman–Crippen MR) is 130 cm³/mol. The third-order valence-corrected chi connectivity index (χ3v) is 4.54. The topological polar surface area (TPSA) is 50.2 Å². The van der Waals surface area contributed by atoms with Crippen molar-refractivity contribution in [1.29, 1.82) is 0 Å². The molecular weight excluding hydrogens is 575 g/mol. The van der Waals surface area contributed by atoms with Gasteiger partial charge < -0.3 is 5.11 Å². The number of para-hydroxylation sites is 1. The maximum absolute atomic E-state index is 10.0. The second kappa shape index (κ2) is 13.3. The van der Waals surface area contributed by atoms with E-state index in [9.17, 15) is 4.79 Å². The van der Waals surface area contributed by atoms with E-state index in [0.29, 0.717) is 11.8 Å². The summed E-state index contributed by atoms with van der Waals surface area (Å²) in [7, 11) is 0. The van der Waals surface area contributed by atoms with Crippen LogP contribution in [-0.2, 0) is 37.7 Å². The SMILES string of the molecule is CC(=O)/C=C(/C)O.CC(C)Cc1[c-]c(-c2ccc3ccccc3n2)cc(CC(C)C)c1.[Ir]. The van der Waals surface area contributed by atoms with Crippen molar-refractivity contribution in [3.63, 3.8) is 0 Å². The zero-order valence-electron chi connectivity index (χ0n) is 19.9. The molecule has 0 saturated carbocycles. The van der Waals surface area contributed by atoms with Crippen LogP contribution in [0.4, 0.5) is 0 Å². The Kier molecular flexibility index (Phi) is 11.5. The van der Waals surface area contributed by atoms with Crippen LogP contribution in [0.25, 0.3) is 22.2 Å². The molecule has 1 aromatic heterocycles. The predicted octanol–water partition coefficient (Wildman–Crippen LogP) is 7.13. The van der Waals surface area contributed by atoms with Crippen molar-refractivity contribution in [1.82, 2.24) is 4.98 Å². The largest absolute Gasteiger partial charge is 0.512 e. The van der Waals surface area contributed by atoms with Crippen molar-refractivity contribution in [2.45, 2.75) is 54.4 Å². The molecule has 3 nitrogen and oxygen atoms in total. The van der Waals surface area contributed by atoms with Crippen LogP contribution in [0.15, 0.2) is 60.4 Å². The Bertz CT molecular complexity index is 1020. The van der Waals surface area contributed by atoms with Crippen LogP contribution in [0.2, 0.25) is 0 Å². The molecular formula is C28H34IrNO2-. The number of ketones is 1. The fourth-order valence-corrected chi connectivity index (χ4v) is 3.48. The molecule has 32 heavy (non-hydrogen) atoms. The van der Waals surface area contributed by atoms with Crippen molar-refractivity contribution < 1.29 is 30.0 Å². The third-order valence-electron chi connectivity index (χ3n) is 4.54. The van der Waals surface area contributed by atoms with E-state index in [2.05, 4.69) is 76.2 Å². The second-order valence-corrected chi connectivity index (χ2v) is 8.91. The monoisotopic (exact) mass is 609 g/mol. The van der Waals surface area contributed by atoms with E-state index in [4.69, 9.17) is 10.1 Å². The van der Waals surface area contributed by atoms with Gasteiger partial charge in [0.15, 0.2) is 5.78 Å². The number of aliphatic hydroxyl groups is 1. The zero-order chi connectivity index (χ0) is 23.0. The van der Waals surface area contributed by atoms with Crippen LogP contribution < -0.4 is 0 Å². The number of rotatable bonds is 6. The maximum Gasteiger partial charge on any atom is 0.155 e. The van der Waals surface area contributed by atoms with E-state index < -0.39 is 0 Å². The number of hydrogen-bond donors (Lipinski definition) is 1. The molecule has 0 aliphatic rings. The molecule has 173 valence electrons. The van der Waals surface area contributed by atoms with Crippen LogP contribution in [-0.4, -0.2) is 15.9 Å². The zero-order valence-corrected chi connectivity index (χ0v) is 22.3. The number of carbonyl (C=O) groups is 1. The van der Waals surface area contributed by atoms with E-state index in [1.807, 2.05) is 6.07 Å². The summed E-state index contributed by atoms with van der Waals surface area (Å²) >= 11 is 0. The molecule has 0 aliphatic heterocycles. The first kappa shape index (κ1) is 27.7. The van der Waals surface area contributed by atoms with Crippen molar-refractivity contribution in [2.24, 2.45) is 11.8 Å². The van der Waals surface area contributed by atoms with Gasteiger partial charge in [0.1, 0.15) is 0 Å². The number of allylic oxidation sites excluding steroid dienone is 2. The van der Waals surface area contributed by atoms with Gasteiger partial charge in [0, 0.05) is 26.2 Å². The molecule has 0 aliphatic carbocycles. The van der Waals surface area contributed by atoms with Crippen LogP contribution in [0, 0.1) is 17.9 Å². The standard InChI is InChI=1S/C23H26N.C5H8O2.Ir/c1-16(2)11-18-13-19(12-17(3)4)15-21(14-18)23-10-9-20-7-5-6-8-22(20)24-23;1-4(6)3-5(2)7;/h5-10,13-14,16-17H,11-12H2,1-4H3;3,6H,1-2H3;/q-1;;/b;4-3-;. The van der Waals surface area contributed by atoms with Gasteiger partial charge in [-0.05, 0) is 55.7 Å². The van der Waals surface area contributed by atoms with Gasteiger partial charge in [0.2, 0.25) is 0 Å². The summed E-state index contributed by atoms with van der Waals surface area (Å²) in [5, 5.41) is 9.55. The summed E-state index contributed by atoms with van der Waals surface area (Å²) in [5.41, 5.74) is 5.87. The summed E-state index contributed by atoms with van der Waals surface area (Å²) < 4.78 is 0. The summed E-state index contributed by atoms with van der Waals surface area (Å²) in [4.78, 5) is 14.9. The number of pyridine rings is 1. The molecule has 1 radical (unpaired) electrons. The Morgan fingerprint density at radius 2 is 1.66 bits per heavy atom. The van der Waals surface area contributed by atoms with E-state index in [-0.39, 0.29) is 31.6 Å². The molecule has 1 N–H and O–H groups in total. The summed E-state index contributed by atoms with van der Waals surface area (Å²) in [5.74, 6) is 1.22. The number of carbonyl (C=O) groups excluding carboxylic acids is 1. The third kappa shape index (κ3) is 9.46. The van der Waals surface area contributed by atoms with Gasteiger partial charge in [-0.25, -0.2) is 0 Å². The van der Waals surface area contributed by atoms with Crippen molar-refractivity contribution in [2.75, 3.05) is 0 Å². The van der Waals surface area contributed by atoms with Gasteiger partial charge in [-0.3, -0.25) is 9.78 Å². The molecule has 0 amide bonds. The van der Waals surface area contributed by atoms with Gasteiger partial charge in [-0.1, -0.05) is 58.0 Å². The first-order valence-corrected chi connectivity index (χ1v) is 10.9. The van der Waals surface area contributed by atoms with Crippen molar-refractivity contribution in [3.8, 4) is 11.3 Å². The number of nitrogens with zero attached hydrogens (tertiary/aromatic N) is 1. The molecule has 3 rings (SSSR count). The average Bonchev–Trinajstić information content (AvgIpc) is 2.65. The summed E-state index contributed by atoms with van der Waals surface area (Å²) in [6, 6.07) is 20.8. The molecule has 0 fully saturated rings. The average molecular weight is 609 g/mol. The van der Waals surface area contributed by atoms with Gasteiger partial charge in [0.05, 0.1) is 11.3 Å². The first-order valence-electron chi connectivity index (χ1n) is 10.9. The van der Waals surface area contributed by atoms with Crippen LogP contribution in [0.5, 0.6) is 0 Å². The Balaban J connectivity index is 0.000000558. The van der Waals surface area contributed by atoms with Gasteiger partial charge in [0.25, 0.3) is 0 Å². The number of aliphatic hydroxyl groups excluding tert-OH is 1. The van der Waals surface area contributed by atoms with Gasteiger partial charge >= 0.3 is 0 Å². The molecule has 0 saturated heterocycles. The molecule has 4 heteroatoms. The minimum Gasteiger partial charge on any atom is -0.512 e. The number of fused-ring (bicyclic) bond motifs is 1. The van der Waals surface area contributed by atoms with E-state index in [1.165, 1.54) is 36.4 Å². The number of benzene rings is 2. The molecule has 3 aromatic rings. The number of aromatic nitrogens is 1. The summed E-state index contributed by atoms with van der Waals surface area (Å²) in [6.07, 6.45) is 3.33. The van der Waals surface area contributed by atoms with E-state index in [1.54, 1.807) is 0 Å². The van der Waals surface area contributed by atoms with Crippen molar-refractivity contribution >= 4 is 16.7 Å². The van der Waals surface area contributed by atoms with Gasteiger partial charge in [-0.15, -0.1) is 34.9 Å². The second-order valence-electron chi connectivity index (χ2n) is 8.91. The minimum atomic E-state index is -0.125. The maximum atomic E-state index is 10.0. The molecule has 1 heterocycles. The van der Waals surface area contributed by atoms with E-state index in [0.717, 1.165) is 29.6 Å². The molecule has 0 atom stereocenters. The minimum absolute atomic E-state index is 0. The van der Waals surface area contributed by atoms with Crippen molar-refractivity contribution in [3.05, 3.63) is 77.6 Å². The van der Waals surface area contributed by atoms with E-state index >= 15 is 0 Å².